The second-order valence-electron chi connectivity index (χ2n) is 7.71. The average molecular weight is 540 g/mol. The molecule has 2 unspecified atom stereocenters. The number of carbonyl (C=O) groups excluding carboxylic acids is 2. The molecule has 0 fully saturated rings. The molecule has 6 N–H and O–H groups in total. The molecule has 0 aromatic heterocycles. The molecule has 1 aliphatic rings. The molecule has 0 aliphatic carbocycles. The van der Waals surface area contributed by atoms with Gasteiger partial charge in [-0.15, -0.1) is 0 Å². The third kappa shape index (κ3) is 7.12. The summed E-state index contributed by atoms with van der Waals surface area (Å²) in [5, 5.41) is 30.3. The third-order valence-corrected chi connectivity index (χ3v) is 5.35. The number of carbonyl (C=O) groups is 2. The van der Waals surface area contributed by atoms with Gasteiger partial charge >= 0.3 is 0 Å². The number of β-amino-alcohol motifs (C(OH)–C–C–N with tert-alkyl or cyclic N) is 1. The summed E-state index contributed by atoms with van der Waals surface area (Å²) < 4.78 is 26.5. The molecule has 0 radical (unpaired) electrons. The lowest BCUT2D eigenvalue weighted by molar-refractivity contribution is -0.120. The lowest BCUT2D eigenvalue weighted by atomic mass is 10.1. The van der Waals surface area contributed by atoms with Crippen molar-refractivity contribution in [1.29, 1.82) is 0 Å². The highest BCUT2D eigenvalue weighted by atomic mass is 79.9. The number of nitrogens with zero attached hydrogens (tertiary/aromatic N) is 1. The Morgan fingerprint density at radius 3 is 2.62 bits per heavy atom. The van der Waals surface area contributed by atoms with Crippen molar-refractivity contribution in [2.45, 2.75) is 25.5 Å². The number of phenols is 1. The van der Waals surface area contributed by atoms with Gasteiger partial charge in [0.25, 0.3) is 12.3 Å². The second-order valence-corrected chi connectivity index (χ2v) is 8.62. The zero-order chi connectivity index (χ0) is 24.8. The predicted octanol–water partition coefficient (Wildman–Crippen LogP) is 2.43. The minimum Gasteiger partial charge on any atom is -0.508 e. The second kappa shape index (κ2) is 11.3. The smallest absolute Gasteiger partial charge is 0.263 e. The SMILES string of the molecule is CC(NC(=O)CNC(=O)c1cc(O)cc(NC2=NCC(O)CN2)c1)c1cc(Br)cc(C(F)F)c1. The van der Waals surface area contributed by atoms with Crippen LogP contribution >= 0.6 is 15.9 Å². The molecule has 12 heteroatoms. The maximum Gasteiger partial charge on any atom is 0.263 e. The van der Waals surface area contributed by atoms with E-state index in [1.165, 1.54) is 30.3 Å². The molecule has 9 nitrogen and oxygen atoms in total. The first-order valence-electron chi connectivity index (χ1n) is 10.3. The molecule has 2 amide bonds. The number of phenolic OH excluding ortho intramolecular Hbond substituents is 1. The maximum absolute atomic E-state index is 13.0. The number of nitrogens with one attached hydrogen (secondary N) is 4. The minimum atomic E-state index is -2.65. The number of benzene rings is 2. The Hall–Kier alpha value is -3.25. The fourth-order valence-corrected chi connectivity index (χ4v) is 3.75. The molecular weight excluding hydrogens is 516 g/mol. The van der Waals surface area contributed by atoms with Crippen molar-refractivity contribution in [2.24, 2.45) is 4.99 Å². The number of aliphatic hydroxyl groups excluding tert-OH is 1. The maximum atomic E-state index is 13.0. The zero-order valence-corrected chi connectivity index (χ0v) is 19.7. The van der Waals surface area contributed by atoms with E-state index in [1.807, 2.05) is 0 Å². The van der Waals surface area contributed by atoms with Crippen molar-refractivity contribution in [1.82, 2.24) is 16.0 Å². The number of hydrogen-bond acceptors (Lipinski definition) is 7. The van der Waals surface area contributed by atoms with Crippen LogP contribution in [0.5, 0.6) is 5.75 Å². The third-order valence-electron chi connectivity index (χ3n) is 4.89. The highest BCUT2D eigenvalue weighted by Gasteiger charge is 2.17. The van der Waals surface area contributed by atoms with Gasteiger partial charge in [-0.2, -0.15) is 0 Å². The van der Waals surface area contributed by atoms with Crippen molar-refractivity contribution in [2.75, 3.05) is 25.0 Å². The van der Waals surface area contributed by atoms with Crippen molar-refractivity contribution in [3.05, 3.63) is 57.6 Å². The summed E-state index contributed by atoms with van der Waals surface area (Å²) in [4.78, 5) is 28.9. The van der Waals surface area contributed by atoms with Gasteiger partial charge in [-0.25, -0.2) is 8.78 Å². The van der Waals surface area contributed by atoms with Crippen LogP contribution in [-0.2, 0) is 4.79 Å². The first kappa shape index (κ1) is 25.4. The Morgan fingerprint density at radius 2 is 1.94 bits per heavy atom. The number of anilines is 1. The fraction of sp³-hybridized carbons (Fsp3) is 0.318. The normalized spacial score (nSPS) is 16.3. The quantitative estimate of drug-likeness (QED) is 0.320. The Kier molecular flexibility index (Phi) is 8.40. The summed E-state index contributed by atoms with van der Waals surface area (Å²) in [6, 6.07) is 7.79. The first-order chi connectivity index (χ1) is 16.1. The van der Waals surface area contributed by atoms with Crippen LogP contribution in [0, 0.1) is 0 Å². The Balaban J connectivity index is 1.58. The molecule has 0 spiro atoms. The molecule has 0 saturated heterocycles. The van der Waals surface area contributed by atoms with Crippen LogP contribution in [0.1, 0.15) is 40.9 Å². The van der Waals surface area contributed by atoms with Gasteiger partial charge in [0.05, 0.1) is 25.2 Å². The van der Waals surface area contributed by atoms with E-state index >= 15 is 0 Å². The molecule has 0 bridgehead atoms. The molecule has 0 saturated carbocycles. The summed E-state index contributed by atoms with van der Waals surface area (Å²) in [5.74, 6) is -0.900. The van der Waals surface area contributed by atoms with E-state index in [9.17, 15) is 28.6 Å². The average Bonchev–Trinajstić information content (AvgIpc) is 2.78. The number of aliphatic imine (C=N–C) groups is 1. The van der Waals surface area contributed by atoms with Gasteiger partial charge in [0, 0.05) is 33.9 Å². The lowest BCUT2D eigenvalue weighted by Gasteiger charge is -2.20. The zero-order valence-electron chi connectivity index (χ0n) is 18.1. The Bertz CT molecular complexity index is 1100. The summed E-state index contributed by atoms with van der Waals surface area (Å²) in [6.45, 7) is 1.82. The highest BCUT2D eigenvalue weighted by Crippen LogP contribution is 2.27. The van der Waals surface area contributed by atoms with E-state index in [1.54, 1.807) is 13.0 Å². The van der Waals surface area contributed by atoms with Crippen LogP contribution in [0.4, 0.5) is 14.5 Å². The van der Waals surface area contributed by atoms with Gasteiger partial charge in [0.15, 0.2) is 5.96 Å². The Labute approximate surface area is 202 Å². The molecular formula is C22H24BrF2N5O4. The van der Waals surface area contributed by atoms with E-state index in [0.29, 0.717) is 28.2 Å². The minimum absolute atomic E-state index is 0.105. The number of amides is 2. The van der Waals surface area contributed by atoms with E-state index in [4.69, 9.17) is 0 Å². The summed E-state index contributed by atoms with van der Waals surface area (Å²) >= 11 is 3.19. The van der Waals surface area contributed by atoms with E-state index in [2.05, 4.69) is 42.2 Å². The summed E-state index contributed by atoms with van der Waals surface area (Å²) in [5.41, 5.74) is 0.807. The van der Waals surface area contributed by atoms with Crippen molar-refractivity contribution in [3.8, 4) is 5.75 Å². The number of hydrogen-bond donors (Lipinski definition) is 6. The molecule has 2 aromatic rings. The molecule has 2 atom stereocenters. The number of alkyl halides is 2. The topological polar surface area (TPSA) is 135 Å². The first-order valence-corrected chi connectivity index (χ1v) is 11.1. The summed E-state index contributed by atoms with van der Waals surface area (Å²) in [7, 11) is 0. The lowest BCUT2D eigenvalue weighted by Crippen LogP contribution is -2.42. The van der Waals surface area contributed by atoms with E-state index in [0.717, 1.165) is 0 Å². The predicted molar refractivity (Wildman–Crippen MR) is 126 cm³/mol. The van der Waals surface area contributed by atoms with Crippen LogP contribution < -0.4 is 21.3 Å². The molecule has 2 aromatic carbocycles. The summed E-state index contributed by atoms with van der Waals surface area (Å²) in [6.07, 6.45) is -3.23. The monoisotopic (exact) mass is 539 g/mol. The van der Waals surface area contributed by atoms with E-state index in [-0.39, 0.29) is 30.0 Å². The van der Waals surface area contributed by atoms with Gasteiger partial charge in [0.2, 0.25) is 5.91 Å². The molecule has 1 aliphatic heterocycles. The molecule has 182 valence electrons. The van der Waals surface area contributed by atoms with Crippen LogP contribution in [0.25, 0.3) is 0 Å². The Morgan fingerprint density at radius 1 is 1.21 bits per heavy atom. The van der Waals surface area contributed by atoms with Crippen LogP contribution in [0.3, 0.4) is 0 Å². The van der Waals surface area contributed by atoms with Gasteiger partial charge < -0.3 is 31.5 Å². The van der Waals surface area contributed by atoms with Crippen LogP contribution in [0.2, 0.25) is 0 Å². The highest BCUT2D eigenvalue weighted by molar-refractivity contribution is 9.10. The van der Waals surface area contributed by atoms with Gasteiger partial charge in [-0.05, 0) is 42.8 Å². The molecule has 1 heterocycles. The van der Waals surface area contributed by atoms with Crippen molar-refractivity contribution >= 4 is 39.4 Å². The number of aromatic hydroxyl groups is 1. The van der Waals surface area contributed by atoms with Crippen LogP contribution in [-0.4, -0.2) is 53.7 Å². The molecule has 34 heavy (non-hydrogen) atoms. The van der Waals surface area contributed by atoms with Gasteiger partial charge in [0.1, 0.15) is 5.75 Å². The number of aliphatic hydroxyl groups is 1. The number of rotatable bonds is 7. The molecule has 3 rings (SSSR count). The van der Waals surface area contributed by atoms with Gasteiger partial charge in [-0.3, -0.25) is 14.6 Å². The van der Waals surface area contributed by atoms with Crippen molar-refractivity contribution < 1.29 is 28.6 Å². The fourth-order valence-electron chi connectivity index (χ4n) is 3.22. The van der Waals surface area contributed by atoms with Crippen LogP contribution in [0.15, 0.2) is 45.9 Å². The standard InChI is InChI=1S/C22H24BrF2N5O4/c1-11(12-2-13(20(24)25)4-15(23)3-12)29-19(33)10-26-21(34)14-5-16(7-17(31)6-14)30-22-27-8-18(32)9-28-22/h2-7,11,18,20,31-32H,8-10H2,1H3,(H,26,34)(H,29,33)(H2,27,28,30). The van der Waals surface area contributed by atoms with Crippen molar-refractivity contribution in [3.63, 3.8) is 0 Å². The largest absolute Gasteiger partial charge is 0.508 e. The van der Waals surface area contributed by atoms with Gasteiger partial charge in [-0.1, -0.05) is 15.9 Å². The number of guanidine groups is 1. The van der Waals surface area contributed by atoms with E-state index < -0.39 is 30.4 Å². The number of halogens is 3.